The van der Waals surface area contributed by atoms with E-state index in [1.807, 2.05) is 0 Å². The van der Waals surface area contributed by atoms with Gasteiger partial charge in [0.15, 0.2) is 41.3 Å². The van der Waals surface area contributed by atoms with Crippen LogP contribution in [0, 0.1) is 20.8 Å². The number of hydrogen-bond donors (Lipinski definition) is 12. The highest BCUT2D eigenvalue weighted by molar-refractivity contribution is 8.08. The van der Waals surface area contributed by atoms with Gasteiger partial charge in [0, 0.05) is 48.1 Å². The molecule has 8 aliphatic rings. The Kier molecular flexibility index (Phi) is 25.6. The van der Waals surface area contributed by atoms with Crippen LogP contribution in [-0.4, -0.2) is 233 Å². The third-order valence-electron chi connectivity index (χ3n) is 22.2. The molecule has 7 aromatic heterocycles. The van der Waals surface area contributed by atoms with Gasteiger partial charge >= 0.3 is 50.7 Å². The number of hydrogen-bond acceptors (Lipinski definition) is 39. The molecule has 0 radical (unpaired) electrons. The third-order valence-corrected chi connectivity index (χ3v) is 30.0. The molecule has 8 aliphatic heterocycles. The van der Waals surface area contributed by atoms with Gasteiger partial charge in [0.2, 0.25) is 5.95 Å². The first kappa shape index (κ1) is 89.6. The van der Waals surface area contributed by atoms with Gasteiger partial charge in [-0.05, 0) is 107 Å². The van der Waals surface area contributed by atoms with Crippen LogP contribution in [0.2, 0.25) is 0 Å². The molecule has 15 N–H and O–H groups in total. The maximum atomic E-state index is 13.8. The van der Waals surface area contributed by atoms with Gasteiger partial charge < -0.3 is 116 Å². The molecule has 0 saturated carbocycles. The van der Waals surface area contributed by atoms with Gasteiger partial charge in [0.1, 0.15) is 95.8 Å². The molecule has 0 amide bonds. The molecule has 7 aromatic rings. The number of aryl methyl sites for hydroxylation is 3. The Hall–Kier alpha value is -5.17. The van der Waals surface area contributed by atoms with Crippen LogP contribution in [-0.2, 0) is 142 Å². The molecule has 26 atom stereocenters. The molecule has 120 heavy (non-hydrogen) atoms. The number of aliphatic hydroxyl groups excluding tert-OH is 1. The molecule has 10 unspecified atom stereocenters. The summed E-state index contributed by atoms with van der Waals surface area (Å²) < 4.78 is 120. The maximum Gasteiger partial charge on any atom is 0.351 e. The van der Waals surface area contributed by atoms with E-state index in [2.05, 4.69) is 51.8 Å². The first-order chi connectivity index (χ1) is 56.6. The average Bonchev–Trinajstić information content (AvgIpc) is 1.55. The standard InChI is InChI=1S/C63H86N17O30P5S5/c1-8-9-10-11-12-13-93-111(88,116)106-33-14-37(79-25-69-39-48(65)67-24-68-49(39)79)101-35(33)19-94-112(89,117)107-34-15-38(80-26-70-40-50(80)72-57(66)73-53(40)84)102-36(34)20-95-113(90,118)109-45-42-56(78-18-29(4)52(83)75-60(78)87)105-62(45,31(6)99-42)22-97-115(92,120)110-46-43-55(76-16-27(2)47(64)71-58(76)85)104-63(46,32(7)100-43)23-96-114(91,119)108-44-41-54(103-61(44,21-81)30(5)98-41)77-17-28(3)51(82)74-59(77)86/h16-18,24-26,30-38,41-46,54-56,81H,8-15,19-23H2,1-7H3,(H,88,116)(H,89,117)(H,90,118)(H,91,119)(H,92,120)(H2,64,71,85)(H2,65,67,68)(H,74,82,86)(H,75,83,87)(H3,66,72,73,84)/t30-,31-,32-,33?,34?,35+,36+,37+,38+,41-,42-,43-,44?,45?,46?,54+,55+,56+,61-,62-,63-,111?,112?,113?,114?,115?/m0/s1. The van der Waals surface area contributed by atoms with Crippen LogP contribution in [0.15, 0.2) is 66.3 Å². The van der Waals surface area contributed by atoms with Crippen LogP contribution in [0.4, 0.5) is 17.6 Å². The number of nitrogens with zero attached hydrogens (tertiary/aromatic N) is 11. The number of unbranched alkanes of at least 4 members (excludes halogenated alkanes) is 4. The summed E-state index contributed by atoms with van der Waals surface area (Å²) in [6, 6.07) is 0. The number of aromatic amines is 3. The van der Waals surface area contributed by atoms with E-state index in [9.17, 15) is 58.3 Å². The fourth-order valence-electron chi connectivity index (χ4n) is 15.9. The van der Waals surface area contributed by atoms with Crippen molar-refractivity contribution in [3.8, 4) is 0 Å². The highest BCUT2D eigenvalue weighted by Crippen LogP contribution is 2.64. The summed E-state index contributed by atoms with van der Waals surface area (Å²) in [4.78, 5) is 172. The number of H-pyrrole nitrogens is 3. The Labute approximate surface area is 703 Å². The van der Waals surface area contributed by atoms with Crippen molar-refractivity contribution in [3.63, 3.8) is 0 Å². The molecule has 57 heteroatoms. The summed E-state index contributed by atoms with van der Waals surface area (Å²) in [6.07, 6.45) is -12.1. The van der Waals surface area contributed by atoms with Gasteiger partial charge in [-0.2, -0.15) is 9.97 Å². The van der Waals surface area contributed by atoms with E-state index in [-0.39, 0.29) is 64.8 Å². The van der Waals surface area contributed by atoms with Crippen molar-refractivity contribution in [1.82, 2.24) is 67.7 Å². The van der Waals surface area contributed by atoms with E-state index in [1.54, 1.807) is 18.4 Å². The van der Waals surface area contributed by atoms with Crippen LogP contribution >= 0.6 is 33.6 Å². The lowest BCUT2D eigenvalue weighted by molar-refractivity contribution is -0.219. The fourth-order valence-corrected chi connectivity index (χ4v) is 23.3. The molecule has 15 heterocycles. The number of fused-ring (bicyclic) bond motifs is 8. The molecule has 8 fully saturated rings. The molecular weight excluding hydrogens is 1790 g/mol. The second-order valence-electron chi connectivity index (χ2n) is 29.9. The van der Waals surface area contributed by atoms with E-state index < -0.39 is 228 Å². The molecule has 0 aliphatic carbocycles. The van der Waals surface area contributed by atoms with E-state index in [4.69, 9.17) is 159 Å². The van der Waals surface area contributed by atoms with E-state index >= 15 is 0 Å². The first-order valence-corrected chi connectivity index (χ1v) is 50.4. The number of imidazole rings is 2. The minimum Gasteiger partial charge on any atom is -0.393 e. The summed E-state index contributed by atoms with van der Waals surface area (Å²) in [5, 5.41) is 11.0. The van der Waals surface area contributed by atoms with Crippen LogP contribution < -0.4 is 50.9 Å². The molecule has 0 spiro atoms. The van der Waals surface area contributed by atoms with Crippen LogP contribution in [0.25, 0.3) is 22.3 Å². The molecule has 15 rings (SSSR count). The lowest BCUT2D eigenvalue weighted by Crippen LogP contribution is -2.52. The highest BCUT2D eigenvalue weighted by Gasteiger charge is 2.72. The Balaban J connectivity index is 0.684. The minimum atomic E-state index is -4.91. The zero-order valence-electron chi connectivity index (χ0n) is 64.5. The number of anilines is 3. The number of aliphatic hydroxyl groups is 1. The maximum absolute atomic E-state index is 13.8. The van der Waals surface area contributed by atoms with Gasteiger partial charge in [0.25, 0.3) is 16.7 Å². The van der Waals surface area contributed by atoms with Gasteiger partial charge in [-0.15, -0.1) is 0 Å². The summed E-state index contributed by atoms with van der Waals surface area (Å²) in [6.45, 7) is -15.7. The normalized spacial score (nSPS) is 33.8. The second kappa shape index (κ2) is 34.2. The van der Waals surface area contributed by atoms with Crippen molar-refractivity contribution >= 4 is 133 Å². The topological polar surface area (TPSA) is 617 Å². The van der Waals surface area contributed by atoms with Crippen LogP contribution in [0.3, 0.4) is 0 Å². The molecule has 6 bridgehead atoms. The number of aromatic nitrogens is 14. The Morgan fingerprint density at radius 1 is 0.500 bits per heavy atom. The molecule has 8 saturated heterocycles. The third kappa shape index (κ3) is 17.4. The molecule has 658 valence electrons. The molecule has 0 aromatic carbocycles. The average molecular weight is 1880 g/mol. The quantitative estimate of drug-likeness (QED) is 0.0193. The number of nitrogens with two attached hydrogens (primary N) is 3. The SMILES string of the molecule is CCCCCCCOP(O)(=S)OC1C[C@H](n2cnc3c(N)ncnc32)O[C@@H]1COP(O)(=S)OC1C[C@H](n2cnc3c(=O)[nH]c(N)nc32)O[C@@H]1COP(O)(=S)OC1[C@@H]2O[C@@H](C)[C@]1(COP(O)(=S)OC1[C@@H]3O[C@@H](C)[C@]1(COP(O)(=S)OC1[C@@H]4O[C@@H](C)[C@]1(CO)O[C@H]4n1cc(C)c(=O)[nH]c1=O)O[C@H]3n1cc(C)c(N)nc1=O)O[C@H]2n1cc(C)c(=O)[nH]c1=O. The Morgan fingerprint density at radius 3 is 1.46 bits per heavy atom. The molecule has 47 nitrogen and oxygen atoms in total. The van der Waals surface area contributed by atoms with E-state index in [1.165, 1.54) is 69.8 Å². The largest absolute Gasteiger partial charge is 0.393 e. The summed E-state index contributed by atoms with van der Waals surface area (Å²) in [5.41, 5.74) is 8.07. The van der Waals surface area contributed by atoms with Crippen molar-refractivity contribution in [2.45, 2.75) is 221 Å². The Bertz CT molecular complexity index is 5750. The molecular formula is C63H86N17O30P5S5. The van der Waals surface area contributed by atoms with Crippen LogP contribution in [0.5, 0.6) is 0 Å². The first-order valence-electron chi connectivity index (χ1n) is 37.4. The lowest BCUT2D eigenvalue weighted by Gasteiger charge is -2.38. The fraction of sp³-hybridized carbons (Fsp3) is 0.651. The van der Waals surface area contributed by atoms with Gasteiger partial charge in [-0.1, -0.05) is 32.6 Å². The van der Waals surface area contributed by atoms with Gasteiger partial charge in [-0.25, -0.2) is 34.3 Å². The van der Waals surface area contributed by atoms with E-state index in [0.29, 0.717) is 17.6 Å². The van der Waals surface area contributed by atoms with Gasteiger partial charge in [-0.3, -0.25) is 65.7 Å². The highest BCUT2D eigenvalue weighted by atomic mass is 32.5. The predicted octanol–water partition coefficient (Wildman–Crippen LogP) is 0.784. The van der Waals surface area contributed by atoms with Crippen molar-refractivity contribution in [3.05, 3.63) is 117 Å². The van der Waals surface area contributed by atoms with Crippen LogP contribution in [0.1, 0.15) is 120 Å². The summed E-state index contributed by atoms with van der Waals surface area (Å²) in [7, 11) is 0. The number of rotatable bonds is 35. The van der Waals surface area contributed by atoms with Gasteiger partial charge in [0.05, 0.1) is 82.8 Å². The monoisotopic (exact) mass is 1880 g/mol. The van der Waals surface area contributed by atoms with Crippen molar-refractivity contribution in [2.75, 3.05) is 56.8 Å². The smallest absolute Gasteiger partial charge is 0.351 e. The Morgan fingerprint density at radius 2 is 0.942 bits per heavy atom. The van der Waals surface area contributed by atoms with Crippen molar-refractivity contribution in [1.29, 1.82) is 0 Å². The van der Waals surface area contributed by atoms with Crippen molar-refractivity contribution < 1.29 is 113 Å². The van der Waals surface area contributed by atoms with E-state index in [0.717, 1.165) is 39.4 Å². The number of nitrogens with one attached hydrogen (secondary N) is 3. The number of ether oxygens (including phenoxy) is 8. The predicted molar refractivity (Wildman–Crippen MR) is 433 cm³/mol. The zero-order valence-corrected chi connectivity index (χ0v) is 73.0. The summed E-state index contributed by atoms with van der Waals surface area (Å²) in [5.74, 6) is -0.317. The summed E-state index contributed by atoms with van der Waals surface area (Å²) >= 11 is 28.5. The minimum absolute atomic E-state index is 0.000702. The lowest BCUT2D eigenvalue weighted by atomic mass is 9.94. The number of nitrogen functional groups attached to an aromatic ring is 3. The van der Waals surface area contributed by atoms with Crippen molar-refractivity contribution in [2.24, 2.45) is 0 Å². The zero-order chi connectivity index (χ0) is 86.0. The second-order valence-corrected chi connectivity index (χ2v) is 43.9.